The number of guanidine groups is 1. The van der Waals surface area contributed by atoms with Crippen LogP contribution in [0.15, 0.2) is 29.4 Å². The number of aromatic nitrogens is 1. The number of carbonyl (C=O) groups excluding carboxylic acids is 1. The molecular formula is C20H30FIN6O. The molecule has 2 heterocycles. The molecule has 2 aromatic rings. The Hall–Kier alpha value is -1.88. The maximum atomic E-state index is 13.5. The van der Waals surface area contributed by atoms with Gasteiger partial charge in [-0.1, -0.05) is 0 Å². The summed E-state index contributed by atoms with van der Waals surface area (Å²) in [6, 6.07) is 4.80. The summed E-state index contributed by atoms with van der Waals surface area (Å²) in [6.45, 7) is 7.45. The minimum absolute atomic E-state index is 0. The van der Waals surface area contributed by atoms with Crippen LogP contribution in [0.25, 0.3) is 10.9 Å². The number of aromatic amines is 1. The second-order valence-electron chi connectivity index (χ2n) is 7.03. The molecule has 1 fully saturated rings. The first kappa shape index (κ1) is 23.4. The third kappa shape index (κ3) is 6.56. The largest absolute Gasteiger partial charge is 0.361 e. The molecule has 0 spiro atoms. The Bertz CT molecular complexity index is 831. The van der Waals surface area contributed by atoms with Gasteiger partial charge in [-0.2, -0.15) is 0 Å². The van der Waals surface area contributed by atoms with Gasteiger partial charge in [0.1, 0.15) is 5.82 Å². The number of benzene rings is 1. The van der Waals surface area contributed by atoms with Crippen LogP contribution in [0, 0.1) is 5.82 Å². The van der Waals surface area contributed by atoms with Gasteiger partial charge in [0.05, 0.1) is 0 Å². The van der Waals surface area contributed by atoms with Gasteiger partial charge in [-0.15, -0.1) is 24.0 Å². The van der Waals surface area contributed by atoms with E-state index in [4.69, 9.17) is 0 Å². The van der Waals surface area contributed by atoms with Crippen LogP contribution in [0.5, 0.6) is 0 Å². The molecular weight excluding hydrogens is 486 g/mol. The number of amides is 1. The zero-order valence-corrected chi connectivity index (χ0v) is 19.3. The average molecular weight is 516 g/mol. The lowest BCUT2D eigenvalue weighted by Gasteiger charge is -2.34. The minimum Gasteiger partial charge on any atom is -0.361 e. The van der Waals surface area contributed by atoms with Crippen LogP contribution in [0.1, 0.15) is 12.5 Å². The summed E-state index contributed by atoms with van der Waals surface area (Å²) in [5.74, 6) is 0.691. The number of H-pyrrole nitrogens is 1. The Morgan fingerprint density at radius 1 is 1.21 bits per heavy atom. The van der Waals surface area contributed by atoms with Crippen molar-refractivity contribution in [1.29, 1.82) is 0 Å². The Labute approximate surface area is 188 Å². The second-order valence-corrected chi connectivity index (χ2v) is 7.03. The number of halogens is 2. The van der Waals surface area contributed by atoms with Crippen LogP contribution >= 0.6 is 24.0 Å². The molecule has 0 atom stereocenters. The van der Waals surface area contributed by atoms with Crippen molar-refractivity contribution >= 4 is 46.7 Å². The molecule has 3 rings (SSSR count). The molecule has 1 aliphatic rings. The normalized spacial score (nSPS) is 15.3. The number of fused-ring (bicyclic) bond motifs is 1. The predicted octanol–water partition coefficient (Wildman–Crippen LogP) is 1.80. The molecule has 1 amide bonds. The second kappa shape index (κ2) is 11.3. The van der Waals surface area contributed by atoms with Crippen LogP contribution in [-0.2, 0) is 11.2 Å². The van der Waals surface area contributed by atoms with Gasteiger partial charge in [0, 0.05) is 76.9 Å². The van der Waals surface area contributed by atoms with E-state index in [9.17, 15) is 9.18 Å². The number of nitrogens with one attached hydrogen (secondary N) is 3. The fraction of sp³-hybridized carbons (Fsp3) is 0.500. The van der Waals surface area contributed by atoms with E-state index in [1.54, 1.807) is 26.1 Å². The summed E-state index contributed by atoms with van der Waals surface area (Å²) in [5.41, 5.74) is 2.03. The first-order valence-corrected chi connectivity index (χ1v) is 9.74. The number of nitrogens with zero attached hydrogens (tertiary/aromatic N) is 3. The van der Waals surface area contributed by atoms with E-state index in [1.807, 2.05) is 11.1 Å². The number of rotatable bonds is 6. The zero-order chi connectivity index (χ0) is 19.9. The molecule has 0 saturated carbocycles. The highest BCUT2D eigenvalue weighted by molar-refractivity contribution is 14.0. The van der Waals surface area contributed by atoms with Crippen LogP contribution in [0.3, 0.4) is 0 Å². The van der Waals surface area contributed by atoms with E-state index in [0.717, 1.165) is 68.1 Å². The smallest absolute Gasteiger partial charge is 0.219 e. The van der Waals surface area contributed by atoms with E-state index in [0.29, 0.717) is 6.54 Å². The van der Waals surface area contributed by atoms with Gasteiger partial charge in [-0.25, -0.2) is 4.39 Å². The number of piperazine rings is 1. The van der Waals surface area contributed by atoms with Gasteiger partial charge < -0.3 is 20.5 Å². The van der Waals surface area contributed by atoms with Crippen LogP contribution in [-0.4, -0.2) is 79.5 Å². The predicted molar refractivity (Wildman–Crippen MR) is 125 cm³/mol. The Kier molecular flexibility index (Phi) is 9.15. The lowest BCUT2D eigenvalue weighted by molar-refractivity contribution is -0.130. The summed E-state index contributed by atoms with van der Waals surface area (Å²) in [6.07, 6.45) is 2.71. The fourth-order valence-electron chi connectivity index (χ4n) is 3.51. The Morgan fingerprint density at radius 3 is 2.62 bits per heavy atom. The molecule has 1 aromatic heterocycles. The van der Waals surface area contributed by atoms with Gasteiger partial charge >= 0.3 is 0 Å². The van der Waals surface area contributed by atoms with Crippen molar-refractivity contribution in [1.82, 2.24) is 25.4 Å². The van der Waals surface area contributed by atoms with Gasteiger partial charge in [0.2, 0.25) is 5.91 Å². The summed E-state index contributed by atoms with van der Waals surface area (Å²) < 4.78 is 13.5. The molecule has 0 radical (unpaired) electrons. The monoisotopic (exact) mass is 516 g/mol. The highest BCUT2D eigenvalue weighted by Crippen LogP contribution is 2.19. The highest BCUT2D eigenvalue weighted by atomic mass is 127. The summed E-state index contributed by atoms with van der Waals surface area (Å²) in [5, 5.41) is 7.56. The fourth-order valence-corrected chi connectivity index (χ4v) is 3.51. The van der Waals surface area contributed by atoms with E-state index in [2.05, 4.69) is 25.5 Å². The third-order valence-corrected chi connectivity index (χ3v) is 5.18. The lowest BCUT2D eigenvalue weighted by Crippen LogP contribution is -2.50. The molecule has 29 heavy (non-hydrogen) atoms. The number of hydrogen-bond acceptors (Lipinski definition) is 3. The summed E-state index contributed by atoms with van der Waals surface area (Å²) in [7, 11) is 1.75. The lowest BCUT2D eigenvalue weighted by atomic mass is 10.1. The molecule has 0 bridgehead atoms. The highest BCUT2D eigenvalue weighted by Gasteiger charge is 2.17. The minimum atomic E-state index is -0.220. The maximum absolute atomic E-state index is 13.5. The quantitative estimate of drug-likeness (QED) is 0.311. The molecule has 1 aliphatic heterocycles. The molecule has 7 nitrogen and oxygen atoms in total. The summed E-state index contributed by atoms with van der Waals surface area (Å²) >= 11 is 0. The van der Waals surface area contributed by atoms with Crippen molar-refractivity contribution in [3.63, 3.8) is 0 Å². The Balaban J connectivity index is 0.00000300. The third-order valence-electron chi connectivity index (χ3n) is 5.18. The molecule has 0 aliphatic carbocycles. The molecule has 3 N–H and O–H groups in total. The summed E-state index contributed by atoms with van der Waals surface area (Å²) in [4.78, 5) is 23.0. The first-order chi connectivity index (χ1) is 13.6. The molecule has 9 heteroatoms. The average Bonchev–Trinajstić information content (AvgIpc) is 3.09. The maximum Gasteiger partial charge on any atom is 0.219 e. The van der Waals surface area contributed by atoms with Crippen LogP contribution in [0.4, 0.5) is 4.39 Å². The van der Waals surface area contributed by atoms with E-state index in [1.165, 1.54) is 6.07 Å². The van der Waals surface area contributed by atoms with Gasteiger partial charge in [0.15, 0.2) is 5.96 Å². The first-order valence-electron chi connectivity index (χ1n) is 9.74. The van der Waals surface area contributed by atoms with Gasteiger partial charge in [0.25, 0.3) is 0 Å². The van der Waals surface area contributed by atoms with Crippen molar-refractivity contribution < 1.29 is 9.18 Å². The number of hydrogen-bond donors (Lipinski definition) is 3. The van der Waals surface area contributed by atoms with Crippen molar-refractivity contribution in [3.8, 4) is 0 Å². The van der Waals surface area contributed by atoms with Crippen molar-refractivity contribution in [3.05, 3.63) is 35.8 Å². The molecule has 1 aromatic carbocycles. The Morgan fingerprint density at radius 2 is 1.93 bits per heavy atom. The molecule has 1 saturated heterocycles. The van der Waals surface area contributed by atoms with Crippen molar-refractivity contribution in [2.45, 2.75) is 13.3 Å². The van der Waals surface area contributed by atoms with E-state index >= 15 is 0 Å². The standard InChI is InChI=1S/C20H29FN6O.HI/c1-15(28)27-11-9-26(10-12-27)8-7-24-20(22-2)23-6-5-16-14-25-19-4-3-17(21)13-18(16)19;/h3-4,13-14,25H,5-12H2,1-2H3,(H2,22,23,24);1H. The topological polar surface area (TPSA) is 75.8 Å². The van der Waals surface area contributed by atoms with Gasteiger partial charge in [-0.05, 0) is 30.2 Å². The van der Waals surface area contributed by atoms with Crippen molar-refractivity contribution in [2.75, 3.05) is 52.9 Å². The van der Waals surface area contributed by atoms with Crippen LogP contribution in [0.2, 0.25) is 0 Å². The van der Waals surface area contributed by atoms with E-state index in [-0.39, 0.29) is 35.7 Å². The van der Waals surface area contributed by atoms with E-state index < -0.39 is 0 Å². The van der Waals surface area contributed by atoms with Crippen molar-refractivity contribution in [2.24, 2.45) is 4.99 Å². The van der Waals surface area contributed by atoms with Gasteiger partial charge in [-0.3, -0.25) is 14.7 Å². The SMILES string of the molecule is CN=C(NCCc1c[nH]c2ccc(F)cc12)NCCN1CCN(C(C)=O)CC1.I. The molecule has 160 valence electrons. The number of carbonyl (C=O) groups is 1. The number of aliphatic imine (C=N–C) groups is 1. The molecule has 0 unspecified atom stereocenters. The zero-order valence-electron chi connectivity index (χ0n) is 17.0. The van der Waals surface area contributed by atoms with Crippen LogP contribution < -0.4 is 10.6 Å².